The van der Waals surface area contributed by atoms with Crippen LogP contribution in [0.3, 0.4) is 0 Å². The second-order valence-electron chi connectivity index (χ2n) is 5.03. The molecule has 0 fully saturated rings. The average molecular weight is 336 g/mol. The summed E-state index contributed by atoms with van der Waals surface area (Å²) in [6, 6.07) is 7.51. The van der Waals surface area contributed by atoms with Gasteiger partial charge in [0.1, 0.15) is 0 Å². The minimum absolute atomic E-state index is 0.117. The molecule has 0 unspecified atom stereocenters. The normalized spacial score (nSPS) is 12.4. The molecule has 1 N–H and O–H groups in total. The van der Waals surface area contributed by atoms with Crippen molar-refractivity contribution >= 4 is 17.6 Å². The molecule has 0 saturated carbocycles. The number of aliphatic imine (C=N–C) groups is 1. The SMILES string of the molecule is CN=C(NCCCCC(F)(F)F)N(C)Cc1cccc(Cl)c1. The predicted octanol–water partition coefficient (Wildman–Crippen LogP) is 4.08. The van der Waals surface area contributed by atoms with Crippen LogP contribution in [0.1, 0.15) is 24.8 Å². The molecule has 1 aromatic rings. The number of rotatable bonds is 6. The first-order valence-electron chi connectivity index (χ1n) is 7.05. The number of alkyl halides is 3. The number of nitrogens with zero attached hydrogens (tertiary/aromatic N) is 2. The number of guanidine groups is 1. The van der Waals surface area contributed by atoms with Gasteiger partial charge in [0.05, 0.1) is 0 Å². The van der Waals surface area contributed by atoms with E-state index in [-0.39, 0.29) is 6.42 Å². The lowest BCUT2D eigenvalue weighted by molar-refractivity contribution is -0.135. The number of hydrogen-bond donors (Lipinski definition) is 1. The molecular formula is C15H21ClF3N3. The Balaban J connectivity index is 2.37. The van der Waals surface area contributed by atoms with E-state index in [2.05, 4.69) is 10.3 Å². The number of unbranched alkanes of at least 4 members (excludes halogenated alkanes) is 1. The molecule has 0 amide bonds. The van der Waals surface area contributed by atoms with E-state index in [1.54, 1.807) is 13.1 Å². The third kappa shape index (κ3) is 7.54. The Labute approximate surface area is 134 Å². The van der Waals surface area contributed by atoms with Crippen LogP contribution in [0.5, 0.6) is 0 Å². The second-order valence-corrected chi connectivity index (χ2v) is 5.47. The van der Waals surface area contributed by atoms with Crippen molar-refractivity contribution in [3.63, 3.8) is 0 Å². The molecule has 0 aliphatic heterocycles. The minimum atomic E-state index is -4.08. The van der Waals surface area contributed by atoms with Crippen molar-refractivity contribution in [2.75, 3.05) is 20.6 Å². The summed E-state index contributed by atoms with van der Waals surface area (Å²) in [6.45, 7) is 1.07. The molecule has 0 radical (unpaired) electrons. The summed E-state index contributed by atoms with van der Waals surface area (Å²) in [7, 11) is 3.51. The summed E-state index contributed by atoms with van der Waals surface area (Å²) in [5.41, 5.74) is 1.04. The van der Waals surface area contributed by atoms with E-state index in [9.17, 15) is 13.2 Å². The maximum atomic E-state index is 12.0. The molecule has 22 heavy (non-hydrogen) atoms. The molecule has 7 heteroatoms. The molecule has 124 valence electrons. The van der Waals surface area contributed by atoms with Crippen LogP contribution in [0.25, 0.3) is 0 Å². The minimum Gasteiger partial charge on any atom is -0.356 e. The Morgan fingerprint density at radius 1 is 1.32 bits per heavy atom. The zero-order valence-electron chi connectivity index (χ0n) is 12.8. The summed E-state index contributed by atoms with van der Waals surface area (Å²) in [6.07, 6.45) is -4.26. The van der Waals surface area contributed by atoms with E-state index in [0.29, 0.717) is 30.5 Å². The van der Waals surface area contributed by atoms with Crippen LogP contribution in [-0.4, -0.2) is 37.7 Å². The topological polar surface area (TPSA) is 27.6 Å². The first-order valence-corrected chi connectivity index (χ1v) is 7.42. The van der Waals surface area contributed by atoms with Gasteiger partial charge in [0.25, 0.3) is 0 Å². The molecular weight excluding hydrogens is 315 g/mol. The van der Waals surface area contributed by atoms with Gasteiger partial charge in [-0.25, -0.2) is 0 Å². The highest BCUT2D eigenvalue weighted by molar-refractivity contribution is 6.30. The van der Waals surface area contributed by atoms with E-state index < -0.39 is 12.6 Å². The number of halogens is 4. The van der Waals surface area contributed by atoms with Crippen LogP contribution in [0, 0.1) is 0 Å². The molecule has 0 aliphatic carbocycles. The van der Waals surface area contributed by atoms with Gasteiger partial charge in [-0.3, -0.25) is 4.99 Å². The van der Waals surface area contributed by atoms with Gasteiger partial charge in [0, 0.05) is 38.6 Å². The van der Waals surface area contributed by atoms with E-state index >= 15 is 0 Å². The molecule has 0 heterocycles. The quantitative estimate of drug-likeness (QED) is 0.482. The molecule has 3 nitrogen and oxygen atoms in total. The molecule has 1 aromatic carbocycles. The van der Waals surface area contributed by atoms with Crippen molar-refractivity contribution in [1.82, 2.24) is 10.2 Å². The van der Waals surface area contributed by atoms with Crippen LogP contribution in [0.15, 0.2) is 29.3 Å². The van der Waals surface area contributed by atoms with Gasteiger partial charge in [-0.05, 0) is 30.5 Å². The summed E-state index contributed by atoms with van der Waals surface area (Å²) in [4.78, 5) is 6.03. The largest absolute Gasteiger partial charge is 0.389 e. The fourth-order valence-electron chi connectivity index (χ4n) is 2.02. The van der Waals surface area contributed by atoms with Gasteiger partial charge < -0.3 is 10.2 Å². The van der Waals surface area contributed by atoms with Crippen molar-refractivity contribution in [1.29, 1.82) is 0 Å². The first-order chi connectivity index (χ1) is 10.3. The summed E-state index contributed by atoms with van der Waals surface area (Å²) in [5.74, 6) is 0.645. The maximum absolute atomic E-state index is 12.0. The van der Waals surface area contributed by atoms with E-state index in [1.807, 2.05) is 30.1 Å². The van der Waals surface area contributed by atoms with Gasteiger partial charge in [-0.1, -0.05) is 23.7 Å². The molecule has 0 saturated heterocycles. The average Bonchev–Trinajstić information content (AvgIpc) is 2.41. The zero-order valence-corrected chi connectivity index (χ0v) is 13.5. The monoisotopic (exact) mass is 335 g/mol. The summed E-state index contributed by atoms with van der Waals surface area (Å²) in [5, 5.41) is 3.73. The third-order valence-electron chi connectivity index (χ3n) is 3.05. The smallest absolute Gasteiger partial charge is 0.356 e. The fraction of sp³-hybridized carbons (Fsp3) is 0.533. The Hall–Kier alpha value is -1.43. The molecule has 0 bridgehead atoms. The molecule has 0 atom stereocenters. The second kappa shape index (κ2) is 8.88. The van der Waals surface area contributed by atoms with Gasteiger partial charge in [-0.15, -0.1) is 0 Å². The lowest BCUT2D eigenvalue weighted by Crippen LogP contribution is -2.38. The standard InChI is InChI=1S/C15H21ClF3N3/c1-20-14(21-9-4-3-8-15(17,18)19)22(2)11-12-6-5-7-13(16)10-12/h5-7,10H,3-4,8-9,11H2,1-2H3,(H,20,21). The lowest BCUT2D eigenvalue weighted by Gasteiger charge is -2.22. The molecule has 0 spiro atoms. The third-order valence-corrected chi connectivity index (χ3v) is 3.29. The van der Waals surface area contributed by atoms with E-state index in [1.165, 1.54) is 0 Å². The van der Waals surface area contributed by atoms with Crippen molar-refractivity contribution < 1.29 is 13.2 Å². The predicted molar refractivity (Wildman–Crippen MR) is 84.2 cm³/mol. The van der Waals surface area contributed by atoms with Crippen LogP contribution >= 0.6 is 11.6 Å². The summed E-state index contributed by atoms with van der Waals surface area (Å²) < 4.78 is 36.1. The van der Waals surface area contributed by atoms with Gasteiger partial charge >= 0.3 is 6.18 Å². The number of nitrogens with one attached hydrogen (secondary N) is 1. The maximum Gasteiger partial charge on any atom is 0.389 e. The van der Waals surface area contributed by atoms with Gasteiger partial charge in [0.15, 0.2) is 5.96 Å². The molecule has 0 aliphatic rings. The Morgan fingerprint density at radius 2 is 2.05 bits per heavy atom. The molecule has 1 rings (SSSR count). The Kier molecular flexibility index (Phi) is 7.51. The van der Waals surface area contributed by atoms with Crippen molar-refractivity contribution in [3.8, 4) is 0 Å². The Bertz CT molecular complexity index is 489. The van der Waals surface area contributed by atoms with Crippen molar-refractivity contribution in [3.05, 3.63) is 34.9 Å². The zero-order chi connectivity index (χ0) is 16.6. The molecule has 0 aromatic heterocycles. The fourth-order valence-corrected chi connectivity index (χ4v) is 2.23. The number of hydrogen-bond acceptors (Lipinski definition) is 1. The Morgan fingerprint density at radius 3 is 2.64 bits per heavy atom. The lowest BCUT2D eigenvalue weighted by atomic mass is 10.2. The van der Waals surface area contributed by atoms with E-state index in [4.69, 9.17) is 11.6 Å². The van der Waals surface area contributed by atoms with Crippen LogP contribution in [0.2, 0.25) is 5.02 Å². The van der Waals surface area contributed by atoms with Gasteiger partial charge in [-0.2, -0.15) is 13.2 Å². The number of benzene rings is 1. The van der Waals surface area contributed by atoms with Gasteiger partial charge in [0.2, 0.25) is 0 Å². The summed E-state index contributed by atoms with van der Waals surface area (Å²) >= 11 is 5.94. The van der Waals surface area contributed by atoms with Crippen molar-refractivity contribution in [2.45, 2.75) is 32.0 Å². The first kappa shape index (κ1) is 18.6. The van der Waals surface area contributed by atoms with Crippen LogP contribution in [-0.2, 0) is 6.54 Å². The highest BCUT2D eigenvalue weighted by Crippen LogP contribution is 2.21. The van der Waals surface area contributed by atoms with Crippen molar-refractivity contribution in [2.24, 2.45) is 4.99 Å². The van der Waals surface area contributed by atoms with Crippen LogP contribution in [0.4, 0.5) is 13.2 Å². The van der Waals surface area contributed by atoms with E-state index in [0.717, 1.165) is 5.56 Å². The highest BCUT2D eigenvalue weighted by Gasteiger charge is 2.25. The highest BCUT2D eigenvalue weighted by atomic mass is 35.5. The van der Waals surface area contributed by atoms with Crippen LogP contribution < -0.4 is 5.32 Å².